The minimum Gasteiger partial charge on any atom is -0.294 e. The first-order valence-corrected chi connectivity index (χ1v) is 4.70. The molecule has 0 aromatic carbocycles. The third-order valence-corrected chi connectivity index (χ3v) is 2.70. The van der Waals surface area contributed by atoms with Crippen molar-refractivity contribution >= 4 is 5.71 Å². The Labute approximate surface area is 69.9 Å². The Balaban J connectivity index is 2.41. The van der Waals surface area contributed by atoms with Crippen LogP contribution in [0.1, 0.15) is 40.0 Å². The third-order valence-electron chi connectivity index (χ3n) is 2.70. The molecule has 0 aromatic heterocycles. The number of hydrogen-bond donors (Lipinski definition) is 0. The average Bonchev–Trinajstić information content (AvgIpc) is 2.13. The summed E-state index contributed by atoms with van der Waals surface area (Å²) in [7, 11) is 0. The van der Waals surface area contributed by atoms with Crippen molar-refractivity contribution in [2.75, 3.05) is 6.54 Å². The predicted octanol–water partition coefficient (Wildman–Crippen LogP) is 2.90. The maximum absolute atomic E-state index is 4.47. The molecule has 11 heavy (non-hydrogen) atoms. The zero-order valence-electron chi connectivity index (χ0n) is 7.93. The van der Waals surface area contributed by atoms with E-state index in [2.05, 4.69) is 25.8 Å². The number of hydrogen-bond acceptors (Lipinski definition) is 1. The van der Waals surface area contributed by atoms with Gasteiger partial charge in [0.25, 0.3) is 0 Å². The lowest BCUT2D eigenvalue weighted by molar-refractivity contribution is 0.352. The van der Waals surface area contributed by atoms with Crippen LogP contribution in [0, 0.1) is 11.8 Å². The fourth-order valence-corrected chi connectivity index (χ4v) is 1.71. The summed E-state index contributed by atoms with van der Waals surface area (Å²) in [6.45, 7) is 7.87. The highest BCUT2D eigenvalue weighted by Gasteiger charge is 2.15. The van der Waals surface area contributed by atoms with Gasteiger partial charge in [0.05, 0.1) is 0 Å². The van der Waals surface area contributed by atoms with Crippen molar-refractivity contribution in [3.63, 3.8) is 0 Å². The molecule has 64 valence electrons. The molecule has 0 N–H and O–H groups in total. The maximum atomic E-state index is 4.47. The summed E-state index contributed by atoms with van der Waals surface area (Å²) in [6.07, 6.45) is 3.88. The highest BCUT2D eigenvalue weighted by Crippen LogP contribution is 2.23. The van der Waals surface area contributed by atoms with Crippen LogP contribution in [0.5, 0.6) is 0 Å². The summed E-state index contributed by atoms with van der Waals surface area (Å²) in [4.78, 5) is 4.47. The van der Waals surface area contributed by atoms with Gasteiger partial charge in [-0.1, -0.05) is 13.8 Å². The number of aliphatic imine (C=N–C) groups is 1. The van der Waals surface area contributed by atoms with Crippen LogP contribution in [0.15, 0.2) is 4.99 Å². The first-order chi connectivity index (χ1) is 5.20. The van der Waals surface area contributed by atoms with E-state index in [-0.39, 0.29) is 0 Å². The van der Waals surface area contributed by atoms with E-state index >= 15 is 0 Å². The van der Waals surface area contributed by atoms with Crippen molar-refractivity contribution in [3.8, 4) is 0 Å². The predicted molar refractivity (Wildman–Crippen MR) is 50.2 cm³/mol. The fraction of sp³-hybridized carbons (Fsp3) is 0.900. The number of nitrogens with zero attached hydrogens (tertiary/aromatic N) is 1. The molecule has 0 radical (unpaired) electrons. The van der Waals surface area contributed by atoms with E-state index in [1.165, 1.54) is 25.0 Å². The minimum absolute atomic E-state index is 0.844. The Morgan fingerprint density at radius 1 is 1.36 bits per heavy atom. The van der Waals surface area contributed by atoms with Gasteiger partial charge in [-0.15, -0.1) is 0 Å². The molecular formula is C10H19N. The average molecular weight is 153 g/mol. The smallest absolute Gasteiger partial charge is 0.0391 e. The molecule has 0 aliphatic carbocycles. The van der Waals surface area contributed by atoms with Crippen LogP contribution >= 0.6 is 0 Å². The highest BCUT2D eigenvalue weighted by molar-refractivity contribution is 5.81. The Kier molecular flexibility index (Phi) is 3.10. The Morgan fingerprint density at radius 2 is 2.09 bits per heavy atom. The summed E-state index contributed by atoms with van der Waals surface area (Å²) >= 11 is 0. The maximum Gasteiger partial charge on any atom is 0.0391 e. The summed E-state index contributed by atoms with van der Waals surface area (Å²) in [6, 6.07) is 0. The van der Waals surface area contributed by atoms with Gasteiger partial charge in [-0.05, 0) is 38.0 Å². The molecule has 1 rings (SSSR count). The molecule has 1 heterocycles. The lowest BCUT2D eigenvalue weighted by atomic mass is 9.88. The molecule has 1 nitrogen and oxygen atoms in total. The quantitative estimate of drug-likeness (QED) is 0.549. The zero-order valence-corrected chi connectivity index (χ0v) is 7.93. The molecule has 1 heteroatoms. The van der Waals surface area contributed by atoms with Gasteiger partial charge in [0, 0.05) is 12.3 Å². The van der Waals surface area contributed by atoms with Gasteiger partial charge in [0.15, 0.2) is 0 Å². The molecule has 0 spiro atoms. The molecule has 0 amide bonds. The third kappa shape index (κ3) is 2.64. The molecule has 0 fully saturated rings. The van der Waals surface area contributed by atoms with E-state index in [0.717, 1.165) is 18.4 Å². The number of rotatable bonds is 1. The highest BCUT2D eigenvalue weighted by atomic mass is 14.7. The minimum atomic E-state index is 0.844. The van der Waals surface area contributed by atoms with Gasteiger partial charge < -0.3 is 0 Å². The summed E-state index contributed by atoms with van der Waals surface area (Å²) in [5.74, 6) is 1.76. The molecule has 0 saturated heterocycles. The zero-order chi connectivity index (χ0) is 8.27. The second-order valence-electron chi connectivity index (χ2n) is 3.95. The summed E-state index contributed by atoms with van der Waals surface area (Å²) < 4.78 is 0. The van der Waals surface area contributed by atoms with Crippen LogP contribution in [0.3, 0.4) is 0 Å². The molecule has 0 saturated carbocycles. The van der Waals surface area contributed by atoms with E-state index < -0.39 is 0 Å². The van der Waals surface area contributed by atoms with Crippen LogP contribution < -0.4 is 0 Å². The van der Waals surface area contributed by atoms with Gasteiger partial charge in [-0.25, -0.2) is 0 Å². The van der Waals surface area contributed by atoms with Crippen molar-refractivity contribution in [2.24, 2.45) is 16.8 Å². The molecule has 1 aliphatic rings. The van der Waals surface area contributed by atoms with Crippen molar-refractivity contribution in [3.05, 3.63) is 0 Å². The first-order valence-electron chi connectivity index (χ1n) is 4.70. The van der Waals surface area contributed by atoms with Crippen molar-refractivity contribution in [2.45, 2.75) is 40.0 Å². The van der Waals surface area contributed by atoms with Crippen LogP contribution in [0.2, 0.25) is 0 Å². The first kappa shape index (κ1) is 8.76. The van der Waals surface area contributed by atoms with Crippen LogP contribution in [0.25, 0.3) is 0 Å². The molecule has 0 aromatic rings. The van der Waals surface area contributed by atoms with E-state index in [9.17, 15) is 0 Å². The molecule has 1 aliphatic heterocycles. The van der Waals surface area contributed by atoms with E-state index in [0.29, 0.717) is 0 Å². The van der Waals surface area contributed by atoms with E-state index in [1.807, 2.05) is 0 Å². The fourth-order valence-electron chi connectivity index (χ4n) is 1.71. The van der Waals surface area contributed by atoms with E-state index in [4.69, 9.17) is 0 Å². The second kappa shape index (κ2) is 3.89. The Morgan fingerprint density at radius 3 is 2.73 bits per heavy atom. The van der Waals surface area contributed by atoms with Gasteiger partial charge in [0.2, 0.25) is 0 Å². The second-order valence-corrected chi connectivity index (χ2v) is 3.95. The van der Waals surface area contributed by atoms with Gasteiger partial charge in [0.1, 0.15) is 0 Å². The molecular weight excluding hydrogens is 134 g/mol. The molecule has 1 atom stereocenters. The van der Waals surface area contributed by atoms with Gasteiger partial charge >= 0.3 is 0 Å². The lowest BCUT2D eigenvalue weighted by Crippen LogP contribution is -2.08. The van der Waals surface area contributed by atoms with Crippen LogP contribution in [-0.4, -0.2) is 12.3 Å². The van der Waals surface area contributed by atoms with Gasteiger partial charge in [-0.3, -0.25) is 4.99 Å². The topological polar surface area (TPSA) is 12.4 Å². The van der Waals surface area contributed by atoms with Gasteiger partial charge in [-0.2, -0.15) is 0 Å². The Bertz CT molecular complexity index is 147. The molecule has 1 unspecified atom stereocenters. The van der Waals surface area contributed by atoms with Crippen molar-refractivity contribution < 1.29 is 0 Å². The van der Waals surface area contributed by atoms with Crippen molar-refractivity contribution in [1.29, 1.82) is 0 Å². The Hall–Kier alpha value is -0.330. The standard InChI is InChI=1S/C10H19N/c1-8(2)10-5-4-9(3)11-7-6-10/h8,10H,4-7H2,1-3H3. The SMILES string of the molecule is CC1=NCCC(C(C)C)CC1. The summed E-state index contributed by atoms with van der Waals surface area (Å²) in [5, 5.41) is 0. The monoisotopic (exact) mass is 153 g/mol. The summed E-state index contributed by atoms with van der Waals surface area (Å²) in [5.41, 5.74) is 1.35. The normalized spacial score (nSPS) is 26.5. The molecule has 0 bridgehead atoms. The van der Waals surface area contributed by atoms with Crippen LogP contribution in [0.4, 0.5) is 0 Å². The lowest BCUT2D eigenvalue weighted by Gasteiger charge is -2.17. The van der Waals surface area contributed by atoms with E-state index in [1.54, 1.807) is 0 Å². The van der Waals surface area contributed by atoms with Crippen molar-refractivity contribution in [1.82, 2.24) is 0 Å². The largest absolute Gasteiger partial charge is 0.294 e. The van der Waals surface area contributed by atoms with Crippen LogP contribution in [-0.2, 0) is 0 Å².